The Morgan fingerprint density at radius 1 is 1.17 bits per heavy atom. The van der Waals surface area contributed by atoms with E-state index in [0.717, 1.165) is 47.1 Å². The summed E-state index contributed by atoms with van der Waals surface area (Å²) in [6.45, 7) is 0. The van der Waals surface area contributed by atoms with Gasteiger partial charge in [-0.05, 0) is 49.1 Å². The Hall–Kier alpha value is -3.08. The Labute approximate surface area is 138 Å². The van der Waals surface area contributed by atoms with Crippen LogP contribution in [0.1, 0.15) is 28.0 Å². The summed E-state index contributed by atoms with van der Waals surface area (Å²) < 4.78 is 0. The van der Waals surface area contributed by atoms with E-state index in [4.69, 9.17) is 0 Å². The van der Waals surface area contributed by atoms with Crippen molar-refractivity contribution < 1.29 is 15.0 Å². The number of anilines is 2. The molecule has 0 saturated heterocycles. The maximum absolute atomic E-state index is 12.1. The summed E-state index contributed by atoms with van der Waals surface area (Å²) in [5, 5.41) is 25.3. The molecule has 0 atom stereocenters. The minimum atomic E-state index is -0.979. The molecule has 0 fully saturated rings. The number of para-hydroxylation sites is 2. The van der Waals surface area contributed by atoms with Crippen molar-refractivity contribution in [3.05, 3.63) is 59.3 Å². The van der Waals surface area contributed by atoms with Crippen molar-refractivity contribution in [2.75, 3.05) is 5.32 Å². The number of pyridine rings is 1. The first-order valence-corrected chi connectivity index (χ1v) is 7.85. The summed E-state index contributed by atoms with van der Waals surface area (Å²) in [5.41, 5.74) is 4.34. The molecule has 1 heterocycles. The number of carboxylic acid groups (broad SMARTS) is 1. The highest BCUT2D eigenvalue weighted by Gasteiger charge is 2.20. The number of carbonyl (C=O) groups is 1. The minimum absolute atomic E-state index is 0.0939. The van der Waals surface area contributed by atoms with Crippen LogP contribution in [0.2, 0.25) is 0 Å². The van der Waals surface area contributed by atoms with Gasteiger partial charge in [-0.1, -0.05) is 23.9 Å². The topological polar surface area (TPSA) is 85.3 Å². The Balaban J connectivity index is 1.95. The van der Waals surface area contributed by atoms with E-state index in [9.17, 15) is 15.0 Å². The van der Waals surface area contributed by atoms with Crippen LogP contribution in [-0.2, 0) is 12.8 Å². The van der Waals surface area contributed by atoms with Gasteiger partial charge in [0.1, 0.15) is 0 Å². The number of aromatic nitrogens is 1. The van der Waals surface area contributed by atoms with Gasteiger partial charge < -0.3 is 15.5 Å². The van der Waals surface area contributed by atoms with E-state index in [1.807, 2.05) is 0 Å². The van der Waals surface area contributed by atoms with Crippen LogP contribution in [-0.4, -0.2) is 16.1 Å². The molecular weight excluding hydrogens is 304 g/mol. The highest BCUT2D eigenvalue weighted by atomic mass is 16.4. The smallest absolute Gasteiger partial charge is 0.335 e. The summed E-state index contributed by atoms with van der Waals surface area (Å²) >= 11 is 0. The van der Waals surface area contributed by atoms with Gasteiger partial charge in [-0.15, -0.1) is 0 Å². The number of hydrogen-bond donors (Lipinski definition) is 2. The second-order valence-corrected chi connectivity index (χ2v) is 5.92. The van der Waals surface area contributed by atoms with E-state index in [1.54, 1.807) is 36.4 Å². The van der Waals surface area contributed by atoms with Crippen molar-refractivity contribution in [3.8, 4) is 5.75 Å². The first-order chi connectivity index (χ1) is 11.6. The molecular formula is C19H15N2O3-. The van der Waals surface area contributed by atoms with Crippen molar-refractivity contribution in [1.29, 1.82) is 0 Å². The van der Waals surface area contributed by atoms with Crippen LogP contribution in [0.4, 0.5) is 11.4 Å². The average molecular weight is 319 g/mol. The molecule has 24 heavy (non-hydrogen) atoms. The largest absolute Gasteiger partial charge is 0.871 e. The van der Waals surface area contributed by atoms with Gasteiger partial charge in [-0.3, -0.25) is 4.98 Å². The van der Waals surface area contributed by atoms with Gasteiger partial charge in [0.15, 0.2) is 0 Å². The maximum atomic E-state index is 12.1. The van der Waals surface area contributed by atoms with Crippen molar-refractivity contribution >= 4 is 28.2 Å². The molecule has 5 nitrogen and oxygen atoms in total. The third-order valence-corrected chi connectivity index (χ3v) is 4.41. The van der Waals surface area contributed by atoms with E-state index in [-0.39, 0.29) is 11.3 Å². The van der Waals surface area contributed by atoms with Crippen LogP contribution in [0.3, 0.4) is 0 Å². The van der Waals surface area contributed by atoms with E-state index in [2.05, 4.69) is 10.3 Å². The van der Waals surface area contributed by atoms with Crippen LogP contribution >= 0.6 is 0 Å². The number of carboxylic acids is 1. The average Bonchev–Trinajstić information content (AvgIpc) is 3.04. The Morgan fingerprint density at radius 3 is 2.79 bits per heavy atom. The molecule has 2 aromatic carbocycles. The summed E-state index contributed by atoms with van der Waals surface area (Å²) in [4.78, 5) is 16.0. The fourth-order valence-corrected chi connectivity index (χ4v) is 3.24. The third-order valence-electron chi connectivity index (χ3n) is 4.41. The Bertz CT molecular complexity index is 966. The first-order valence-electron chi connectivity index (χ1n) is 7.85. The zero-order chi connectivity index (χ0) is 16.7. The van der Waals surface area contributed by atoms with Gasteiger partial charge in [-0.25, -0.2) is 4.79 Å². The lowest BCUT2D eigenvalue weighted by atomic mass is 10.0. The highest BCUT2D eigenvalue weighted by Crippen LogP contribution is 2.37. The van der Waals surface area contributed by atoms with Gasteiger partial charge in [0.05, 0.1) is 16.8 Å². The predicted octanol–water partition coefficient (Wildman–Crippen LogP) is 3.24. The molecule has 2 N–H and O–H groups in total. The molecule has 120 valence electrons. The van der Waals surface area contributed by atoms with Crippen LogP contribution in [0.25, 0.3) is 10.9 Å². The zero-order valence-corrected chi connectivity index (χ0v) is 12.9. The second-order valence-electron chi connectivity index (χ2n) is 5.92. The van der Waals surface area contributed by atoms with Crippen LogP contribution in [0, 0.1) is 0 Å². The number of aromatic carboxylic acids is 1. The van der Waals surface area contributed by atoms with Gasteiger partial charge >= 0.3 is 5.97 Å². The lowest BCUT2D eigenvalue weighted by Crippen LogP contribution is -2.04. The SMILES string of the molecule is O=C(O)c1ccc2nc3c(c(Nc4ccccc4[O-])c2c1)CCC3. The molecule has 0 spiro atoms. The maximum Gasteiger partial charge on any atom is 0.335 e. The normalized spacial score (nSPS) is 13.0. The molecule has 0 amide bonds. The standard InChI is InChI=1S/C19H16N2O3/c22-17-7-2-1-5-16(17)21-18-12-4-3-6-14(12)20-15-9-8-11(19(23)24)10-13(15)18/h1-2,5,7-10,22H,3-4,6H2,(H,20,21)(H,23,24)/p-1. The van der Waals surface area contributed by atoms with E-state index >= 15 is 0 Å². The Morgan fingerprint density at radius 2 is 2.00 bits per heavy atom. The number of nitrogens with one attached hydrogen (secondary N) is 1. The molecule has 0 unspecified atom stereocenters. The van der Waals surface area contributed by atoms with Crippen molar-refractivity contribution in [1.82, 2.24) is 4.98 Å². The summed E-state index contributed by atoms with van der Waals surface area (Å²) in [6.07, 6.45) is 2.79. The highest BCUT2D eigenvalue weighted by molar-refractivity contribution is 6.00. The number of benzene rings is 2. The molecule has 0 aliphatic heterocycles. The number of nitrogens with zero attached hydrogens (tertiary/aromatic N) is 1. The van der Waals surface area contributed by atoms with Crippen LogP contribution in [0.15, 0.2) is 42.5 Å². The van der Waals surface area contributed by atoms with Gasteiger partial charge in [0.25, 0.3) is 0 Å². The van der Waals surface area contributed by atoms with Gasteiger partial charge in [-0.2, -0.15) is 0 Å². The molecule has 3 aromatic rings. The number of fused-ring (bicyclic) bond motifs is 2. The Kier molecular flexibility index (Phi) is 3.34. The number of aryl methyl sites for hydroxylation is 1. The lowest BCUT2D eigenvalue weighted by Gasteiger charge is -2.19. The lowest BCUT2D eigenvalue weighted by molar-refractivity contribution is -0.267. The summed E-state index contributed by atoms with van der Waals surface area (Å²) in [6, 6.07) is 11.7. The number of hydrogen-bond acceptors (Lipinski definition) is 4. The molecule has 5 heteroatoms. The monoisotopic (exact) mass is 319 g/mol. The molecule has 4 rings (SSSR count). The van der Waals surface area contributed by atoms with Crippen molar-refractivity contribution in [2.24, 2.45) is 0 Å². The summed E-state index contributed by atoms with van der Waals surface area (Å²) in [7, 11) is 0. The number of rotatable bonds is 3. The van der Waals surface area contributed by atoms with E-state index in [1.165, 1.54) is 6.07 Å². The quantitative estimate of drug-likeness (QED) is 0.774. The van der Waals surface area contributed by atoms with Crippen LogP contribution < -0.4 is 10.4 Å². The molecule has 0 radical (unpaired) electrons. The molecule has 1 aliphatic rings. The predicted molar refractivity (Wildman–Crippen MR) is 89.9 cm³/mol. The van der Waals surface area contributed by atoms with E-state index < -0.39 is 5.97 Å². The third kappa shape index (κ3) is 2.34. The zero-order valence-electron chi connectivity index (χ0n) is 12.9. The molecule has 1 aliphatic carbocycles. The summed E-state index contributed by atoms with van der Waals surface area (Å²) in [5.74, 6) is -1.07. The first kappa shape index (κ1) is 14.5. The molecule has 0 bridgehead atoms. The molecule has 0 saturated carbocycles. The molecule has 1 aromatic heterocycles. The van der Waals surface area contributed by atoms with Crippen LogP contribution in [0.5, 0.6) is 5.75 Å². The van der Waals surface area contributed by atoms with Gasteiger partial charge in [0.2, 0.25) is 0 Å². The minimum Gasteiger partial charge on any atom is -0.871 e. The fraction of sp³-hybridized carbons (Fsp3) is 0.158. The van der Waals surface area contributed by atoms with Crippen molar-refractivity contribution in [2.45, 2.75) is 19.3 Å². The fourth-order valence-electron chi connectivity index (χ4n) is 3.24. The second kappa shape index (κ2) is 5.53. The van der Waals surface area contributed by atoms with Gasteiger partial charge in [0, 0.05) is 16.8 Å². The van der Waals surface area contributed by atoms with E-state index in [0.29, 0.717) is 5.69 Å². The van der Waals surface area contributed by atoms with Crippen molar-refractivity contribution in [3.63, 3.8) is 0 Å².